The quantitative estimate of drug-likeness (QED) is 0.0121. The zero-order valence-electron chi connectivity index (χ0n) is 64.7. The summed E-state index contributed by atoms with van der Waals surface area (Å²) in [6, 6.07) is 3.30. The SMILES string of the molecule is CC(=O)N[C@H](CCCCC(=N)N)C(=O)C[C@H]1CSSC[C@@H](C(=O)N2CCC[C@H]2C(=O)N2CCC[C@H]2C(=O)N[C@H](CCCCC(=N)N)C(=O)N[C@H](CCCCC(=N)N)C(N)=O)CC(=O)[C@H](Cc2c[nH]c3ccccc23)NC(=O)[C@H](Cc2c[nH]cn2)NC(=O)[C@@H](Cc2ccccc2)NC(=O)[C@H](Cc2c[nH]cn2)NC(=O)[C@@H]2CCCN2C1=O. The third-order valence-corrected chi connectivity index (χ3v) is 23.8. The monoisotopic (exact) mass is 1620 g/mol. The van der Waals surface area contributed by atoms with Crippen molar-refractivity contribution in [3.05, 3.63) is 108 Å². The number of para-hydroxylation sites is 1. The lowest BCUT2D eigenvalue weighted by Gasteiger charge is -2.33. The van der Waals surface area contributed by atoms with Crippen LogP contribution in [-0.2, 0) is 88.0 Å². The van der Waals surface area contributed by atoms with Crippen molar-refractivity contribution in [1.29, 1.82) is 16.2 Å². The van der Waals surface area contributed by atoms with E-state index < -0.39 is 162 Å². The number of rotatable bonds is 34. The van der Waals surface area contributed by atoms with Crippen LogP contribution in [0, 0.1) is 28.1 Å². The van der Waals surface area contributed by atoms with Crippen molar-refractivity contribution in [2.75, 3.05) is 31.1 Å². The molecule has 115 heavy (non-hydrogen) atoms. The number of benzene rings is 2. The van der Waals surface area contributed by atoms with Gasteiger partial charge in [-0.1, -0.05) is 89.4 Å². The number of carbonyl (C=O) groups is 13. The van der Waals surface area contributed by atoms with Crippen LogP contribution in [0.25, 0.3) is 10.9 Å². The summed E-state index contributed by atoms with van der Waals surface area (Å²) in [6.07, 6.45) is 10.7. The van der Waals surface area contributed by atoms with Crippen molar-refractivity contribution in [3.63, 3.8) is 0 Å². The molecule has 0 bridgehead atoms. The molecule has 620 valence electrons. The largest absolute Gasteiger partial charge is 0.388 e. The Bertz CT molecular complexity index is 4260. The van der Waals surface area contributed by atoms with Gasteiger partial charge in [-0.3, -0.25) is 78.6 Å². The number of carbonyl (C=O) groups excluding carboxylic acids is 13. The first-order chi connectivity index (χ1) is 55.2. The first-order valence-electron chi connectivity index (χ1n) is 39.3. The molecule has 0 spiro atoms. The van der Waals surface area contributed by atoms with Crippen LogP contribution in [0.2, 0.25) is 0 Å². The number of fused-ring (bicyclic) bond motifs is 2. The summed E-state index contributed by atoms with van der Waals surface area (Å²) in [7, 11) is 2.21. The van der Waals surface area contributed by atoms with E-state index in [0.29, 0.717) is 91.2 Å². The summed E-state index contributed by atoms with van der Waals surface area (Å²) in [5.41, 5.74) is 25.2. The highest BCUT2D eigenvalue weighted by Crippen LogP contribution is 2.35. The molecule has 4 aliphatic rings. The smallest absolute Gasteiger partial charge is 0.246 e. The maximum absolute atomic E-state index is 16.0. The molecule has 0 radical (unpaired) electrons. The minimum atomic E-state index is -1.50. The number of hydrogen-bond acceptors (Lipinski definition) is 20. The van der Waals surface area contributed by atoms with E-state index in [1.54, 1.807) is 42.6 Å². The maximum atomic E-state index is 16.0. The number of primary amides is 1. The lowest BCUT2D eigenvalue weighted by atomic mass is 9.93. The van der Waals surface area contributed by atoms with E-state index in [4.69, 9.17) is 39.2 Å². The number of imidazole rings is 2. The standard InChI is InChI=1S/C78H108N22O13S2/c1-45(101)91-54(20-7-10-26-66(79)80)64(102)34-48-41-114-115-42-49(77(112)100-31-15-25-63(100)78(113)99-30-14-24-62(99)74(109)93-56(22-9-12-28-68(83)84)70(105)92-55(69(85)104)21-8-11-27-67(81)82)35-65(103)57(33-47-38-88-53-19-6-5-18-52(47)53)94-72(107)59(36-50-39-86-43-89-50)96-71(106)58(32-46-16-3-2-4-17-46)95-73(108)60(37-51-40-87-44-90-51)97-75(110)61-23-13-29-98(61)76(48)111/h2-6,16-19,38-40,43-44,48-49,54-63,88H,7-15,20-37,41-42H2,1H3,(H3,79,80)(H3,81,82)(H3,83,84)(H2,85,104)(H,86,89)(H,87,90)(H,91,101)(H,92,105)(H,93,109)(H,94,107)(H,95,108)(H,96,106)(H,97,110)/t48-,49-,54+,55+,56+,57-,58+,59-,60-,61-,62-,63-/m0/s1. The molecule has 5 aromatic rings. The molecule has 2 aromatic carbocycles. The van der Waals surface area contributed by atoms with Gasteiger partial charge in [-0.25, -0.2) is 9.97 Å². The third-order valence-electron chi connectivity index (χ3n) is 21.3. The van der Waals surface area contributed by atoms with Gasteiger partial charge < -0.3 is 89.8 Å². The first kappa shape index (κ1) is 88.0. The Kier molecular flexibility index (Phi) is 33.3. The molecule has 4 saturated heterocycles. The van der Waals surface area contributed by atoms with E-state index in [0.717, 1.165) is 21.6 Å². The van der Waals surface area contributed by atoms with Gasteiger partial charge in [0.25, 0.3) is 0 Å². The summed E-state index contributed by atoms with van der Waals surface area (Å²) >= 11 is 0. The van der Waals surface area contributed by atoms with Crippen LogP contribution in [-0.4, -0.2) is 225 Å². The Labute approximate surface area is 674 Å². The van der Waals surface area contributed by atoms with Crippen LogP contribution < -0.4 is 60.2 Å². The molecule has 7 heterocycles. The number of hydrogen-bond donors (Lipinski definition) is 17. The highest BCUT2D eigenvalue weighted by Gasteiger charge is 2.46. The molecule has 21 N–H and O–H groups in total. The number of aromatic amines is 3. The molecule has 0 saturated carbocycles. The van der Waals surface area contributed by atoms with Gasteiger partial charge in [0, 0.05) is 125 Å². The number of nitrogens with two attached hydrogens (primary N) is 4. The van der Waals surface area contributed by atoms with E-state index >= 15 is 38.4 Å². The summed E-state index contributed by atoms with van der Waals surface area (Å²) in [6.45, 7) is 1.44. The number of ketones is 2. The van der Waals surface area contributed by atoms with E-state index in [9.17, 15) is 24.0 Å². The summed E-state index contributed by atoms with van der Waals surface area (Å²) in [4.78, 5) is 214. The molecule has 4 fully saturated rings. The van der Waals surface area contributed by atoms with E-state index in [-0.39, 0.29) is 132 Å². The maximum Gasteiger partial charge on any atom is 0.246 e. The van der Waals surface area contributed by atoms with Gasteiger partial charge in [0.05, 0.1) is 65.5 Å². The number of nitrogens with zero attached hydrogens (tertiary/aromatic N) is 5. The van der Waals surface area contributed by atoms with Gasteiger partial charge in [-0.15, -0.1) is 0 Å². The molecule has 9 rings (SSSR count). The molecular weight excluding hydrogens is 1520 g/mol. The Hall–Kier alpha value is -11.0. The van der Waals surface area contributed by atoms with Crippen LogP contribution in [0.3, 0.4) is 0 Å². The van der Waals surface area contributed by atoms with Crippen LogP contribution >= 0.6 is 21.6 Å². The average Bonchev–Trinajstić information content (AvgIpc) is 1.54. The van der Waals surface area contributed by atoms with Gasteiger partial charge in [0.1, 0.15) is 48.3 Å². The van der Waals surface area contributed by atoms with Gasteiger partial charge in [-0.2, -0.15) is 0 Å². The molecule has 35 nitrogen and oxygen atoms in total. The Morgan fingerprint density at radius 3 is 1.67 bits per heavy atom. The Morgan fingerprint density at radius 1 is 0.557 bits per heavy atom. The second kappa shape index (κ2) is 43.5. The lowest BCUT2D eigenvalue weighted by molar-refractivity contribution is -0.148. The van der Waals surface area contributed by atoms with Crippen molar-refractivity contribution in [3.8, 4) is 0 Å². The van der Waals surface area contributed by atoms with Crippen molar-refractivity contribution in [1.82, 2.24) is 76.8 Å². The number of unbranched alkanes of at least 4 members (excludes halogenated alkanes) is 3. The van der Waals surface area contributed by atoms with Crippen molar-refractivity contribution in [2.24, 2.45) is 34.8 Å². The van der Waals surface area contributed by atoms with E-state index in [2.05, 4.69) is 62.1 Å². The zero-order valence-corrected chi connectivity index (χ0v) is 66.3. The summed E-state index contributed by atoms with van der Waals surface area (Å²) in [5.74, 6) is -11.9. The number of aromatic nitrogens is 5. The fourth-order valence-electron chi connectivity index (χ4n) is 15.2. The zero-order chi connectivity index (χ0) is 82.7. The molecule has 3 aromatic heterocycles. The highest BCUT2D eigenvalue weighted by atomic mass is 33.1. The normalized spacial score (nSPS) is 22.3. The van der Waals surface area contributed by atoms with Gasteiger partial charge in [0.15, 0.2) is 11.6 Å². The predicted octanol–water partition coefficient (Wildman–Crippen LogP) is 1.79. The van der Waals surface area contributed by atoms with Crippen LogP contribution in [0.1, 0.15) is 158 Å². The average molecular weight is 1630 g/mol. The van der Waals surface area contributed by atoms with Crippen molar-refractivity contribution in [2.45, 2.75) is 221 Å². The number of likely N-dealkylation sites (tertiary alicyclic amines) is 2. The number of nitrogens with one attached hydrogen (secondary N) is 13. The third kappa shape index (κ3) is 26.0. The molecule has 0 unspecified atom stereocenters. The molecule has 12 atom stereocenters. The number of amides is 11. The fraction of sp³-hybridized carbons (Fsp3) is 0.538. The molecule has 4 aliphatic heterocycles. The Morgan fingerprint density at radius 2 is 1.09 bits per heavy atom. The molecule has 0 aliphatic carbocycles. The highest BCUT2D eigenvalue weighted by molar-refractivity contribution is 8.76. The number of Topliss-reactive ketones (excluding diaryl/α,β-unsaturated/α-hetero) is 2. The van der Waals surface area contributed by atoms with Crippen LogP contribution in [0.5, 0.6) is 0 Å². The van der Waals surface area contributed by atoms with Gasteiger partial charge in [0.2, 0.25) is 65.0 Å². The van der Waals surface area contributed by atoms with E-state index in [1.807, 2.05) is 18.2 Å². The number of H-pyrrole nitrogens is 3. The second-order valence-corrected chi connectivity index (χ2v) is 32.5. The molecular formula is C78H108N22O13S2. The van der Waals surface area contributed by atoms with Gasteiger partial charge in [-0.05, 0) is 94.2 Å². The minimum absolute atomic E-state index is 0.0355. The van der Waals surface area contributed by atoms with Crippen molar-refractivity contribution >= 4 is 127 Å². The minimum Gasteiger partial charge on any atom is -0.388 e. The summed E-state index contributed by atoms with van der Waals surface area (Å²) in [5, 5.41) is 43.5. The Balaban J connectivity index is 1.07. The lowest BCUT2D eigenvalue weighted by Crippen LogP contribution is -2.60. The van der Waals surface area contributed by atoms with Gasteiger partial charge >= 0.3 is 0 Å². The molecule has 11 amide bonds. The van der Waals surface area contributed by atoms with E-state index in [1.165, 1.54) is 46.7 Å². The van der Waals surface area contributed by atoms with Crippen LogP contribution in [0.4, 0.5) is 0 Å². The second-order valence-electron chi connectivity index (χ2n) is 30.0. The summed E-state index contributed by atoms with van der Waals surface area (Å²) < 4.78 is 0. The van der Waals surface area contributed by atoms with Crippen molar-refractivity contribution < 1.29 is 62.3 Å². The predicted molar refractivity (Wildman–Crippen MR) is 432 cm³/mol. The van der Waals surface area contributed by atoms with Crippen LogP contribution in [0.15, 0.2) is 85.8 Å². The fourth-order valence-corrected chi connectivity index (χ4v) is 17.8. The number of amidine groups is 3. The molecule has 37 heteroatoms. The first-order valence-corrected chi connectivity index (χ1v) is 41.8. The topological polar surface area (TPSA) is 565 Å².